The quantitative estimate of drug-likeness (QED) is 0.675. The molecule has 5 nitrogen and oxygen atoms in total. The zero-order chi connectivity index (χ0) is 20.9. The van der Waals surface area contributed by atoms with E-state index < -0.39 is 5.41 Å². The number of ether oxygens (including phenoxy) is 1. The van der Waals surface area contributed by atoms with Crippen LogP contribution in [0.2, 0.25) is 0 Å². The van der Waals surface area contributed by atoms with E-state index >= 15 is 0 Å². The van der Waals surface area contributed by atoms with Crippen molar-refractivity contribution in [3.63, 3.8) is 0 Å². The topological polar surface area (TPSA) is 72.5 Å². The van der Waals surface area contributed by atoms with Crippen LogP contribution in [0.1, 0.15) is 91.4 Å². The van der Waals surface area contributed by atoms with Gasteiger partial charge in [-0.15, -0.1) is 0 Å². The molecule has 0 aromatic heterocycles. The third kappa shape index (κ3) is 4.25. The zero-order valence-corrected chi connectivity index (χ0v) is 18.4. The fraction of sp³-hybridized carbons (Fsp3) is 0.875. The van der Waals surface area contributed by atoms with Crippen LogP contribution in [0.25, 0.3) is 0 Å². The summed E-state index contributed by atoms with van der Waals surface area (Å²) < 4.78 is 5.64. The first-order valence-corrected chi connectivity index (χ1v) is 11.6. The molecule has 0 saturated heterocycles. The molecule has 0 spiro atoms. The van der Waals surface area contributed by atoms with Crippen LogP contribution in [0.5, 0.6) is 0 Å². The van der Waals surface area contributed by atoms with Gasteiger partial charge < -0.3 is 10.1 Å². The molecule has 0 aromatic rings. The molecule has 29 heavy (non-hydrogen) atoms. The van der Waals surface area contributed by atoms with Crippen LogP contribution in [0, 0.1) is 28.6 Å². The Balaban J connectivity index is 1.37. The summed E-state index contributed by atoms with van der Waals surface area (Å²) in [5, 5.41) is 2.97. The van der Waals surface area contributed by atoms with Crippen LogP contribution >= 0.6 is 0 Å². The first-order valence-electron chi connectivity index (χ1n) is 11.6. The van der Waals surface area contributed by atoms with Gasteiger partial charge in [0.25, 0.3) is 0 Å². The van der Waals surface area contributed by atoms with Crippen molar-refractivity contribution in [2.24, 2.45) is 28.6 Å². The average molecular weight is 404 g/mol. The van der Waals surface area contributed by atoms with Crippen molar-refractivity contribution < 1.29 is 19.1 Å². The van der Waals surface area contributed by atoms with Crippen LogP contribution in [-0.4, -0.2) is 29.8 Å². The van der Waals surface area contributed by atoms with Crippen molar-refractivity contribution in [2.75, 3.05) is 6.61 Å². The van der Waals surface area contributed by atoms with E-state index in [1.165, 1.54) is 19.3 Å². The van der Waals surface area contributed by atoms with E-state index in [1.54, 1.807) is 0 Å². The Morgan fingerprint density at radius 3 is 1.93 bits per heavy atom. The summed E-state index contributed by atoms with van der Waals surface area (Å²) in [6.45, 7) is 5.71. The number of nitrogens with one attached hydrogen (secondary N) is 1. The highest BCUT2D eigenvalue weighted by molar-refractivity contribution is 5.90. The second-order valence-electron chi connectivity index (χ2n) is 11.7. The van der Waals surface area contributed by atoms with Crippen LogP contribution < -0.4 is 5.32 Å². The minimum absolute atomic E-state index is 0.104. The van der Waals surface area contributed by atoms with E-state index in [0.29, 0.717) is 30.6 Å². The third-order valence-electron chi connectivity index (χ3n) is 7.97. The highest BCUT2D eigenvalue weighted by Crippen LogP contribution is 2.60. The second kappa shape index (κ2) is 7.39. The lowest BCUT2D eigenvalue weighted by Gasteiger charge is -2.55. The second-order valence-corrected chi connectivity index (χ2v) is 11.7. The van der Waals surface area contributed by atoms with Crippen molar-refractivity contribution >= 4 is 17.7 Å². The predicted octanol–water partition coefficient (Wildman–Crippen LogP) is 4.18. The predicted molar refractivity (Wildman–Crippen MR) is 110 cm³/mol. The molecule has 0 radical (unpaired) electrons. The largest absolute Gasteiger partial charge is 0.457 e. The fourth-order valence-electron chi connectivity index (χ4n) is 7.16. The summed E-state index contributed by atoms with van der Waals surface area (Å²) in [5.41, 5.74) is -1.31. The molecule has 0 heterocycles. The number of hydrogen-bond acceptors (Lipinski definition) is 4. The average Bonchev–Trinajstić information content (AvgIpc) is 3.06. The Morgan fingerprint density at radius 2 is 1.45 bits per heavy atom. The normalized spacial score (nSPS) is 34.8. The first-order chi connectivity index (χ1) is 13.6. The van der Waals surface area contributed by atoms with Crippen molar-refractivity contribution in [3.05, 3.63) is 0 Å². The molecule has 5 fully saturated rings. The molecular formula is C24H37NO4. The molecule has 5 heteroatoms. The fourth-order valence-corrected chi connectivity index (χ4v) is 7.16. The number of amides is 1. The lowest BCUT2D eigenvalue weighted by molar-refractivity contribution is -0.165. The van der Waals surface area contributed by atoms with Gasteiger partial charge in [-0.05, 0) is 89.9 Å². The van der Waals surface area contributed by atoms with E-state index in [1.807, 2.05) is 20.8 Å². The molecule has 1 amide bonds. The van der Waals surface area contributed by atoms with Crippen molar-refractivity contribution in [1.82, 2.24) is 5.32 Å². The summed E-state index contributed by atoms with van der Waals surface area (Å²) in [6, 6.07) is 0. The smallest absolute Gasteiger partial charge is 0.313 e. The Kier molecular flexibility index (Phi) is 5.31. The number of carbonyl (C=O) groups is 3. The van der Waals surface area contributed by atoms with Crippen LogP contribution in [0.3, 0.4) is 0 Å². The molecule has 0 atom stereocenters. The Morgan fingerprint density at radius 1 is 0.931 bits per heavy atom. The number of rotatable bonds is 6. The maximum absolute atomic E-state index is 13.2. The van der Waals surface area contributed by atoms with Gasteiger partial charge >= 0.3 is 5.97 Å². The number of Topliss-reactive ketones (excluding diaryl/α,β-unsaturated/α-hetero) is 1. The minimum atomic E-state index is -0.753. The van der Waals surface area contributed by atoms with Gasteiger partial charge in [0, 0.05) is 17.4 Å². The molecule has 5 aliphatic rings. The van der Waals surface area contributed by atoms with Gasteiger partial charge in [-0.25, -0.2) is 0 Å². The van der Waals surface area contributed by atoms with Crippen molar-refractivity contribution in [2.45, 2.75) is 96.9 Å². The highest BCUT2D eigenvalue weighted by atomic mass is 16.5. The minimum Gasteiger partial charge on any atom is -0.457 e. The third-order valence-corrected chi connectivity index (χ3v) is 7.97. The molecular weight excluding hydrogens is 366 g/mol. The van der Waals surface area contributed by atoms with Gasteiger partial charge in [-0.3, -0.25) is 14.4 Å². The van der Waals surface area contributed by atoms with Gasteiger partial charge in [0.1, 0.15) is 0 Å². The highest BCUT2D eigenvalue weighted by Gasteiger charge is 2.54. The van der Waals surface area contributed by atoms with Gasteiger partial charge in [0.15, 0.2) is 12.4 Å². The molecule has 162 valence electrons. The zero-order valence-electron chi connectivity index (χ0n) is 18.4. The molecule has 5 rings (SSSR count). The molecule has 5 saturated carbocycles. The summed E-state index contributed by atoms with van der Waals surface area (Å²) >= 11 is 0. The SMILES string of the molecule is CC(C)(C)NC(=O)CC1(C(=O)OCC(=O)C23CC4CC(CC(C4)C2)C3)CCCC1. The molecule has 0 unspecified atom stereocenters. The van der Waals surface area contributed by atoms with E-state index in [4.69, 9.17) is 4.74 Å². The molecule has 0 aromatic carbocycles. The van der Waals surface area contributed by atoms with Crippen LogP contribution in [0.15, 0.2) is 0 Å². The van der Waals surface area contributed by atoms with Gasteiger partial charge in [-0.1, -0.05) is 12.8 Å². The number of carbonyl (C=O) groups excluding carboxylic acids is 3. The Hall–Kier alpha value is -1.39. The molecule has 1 N–H and O–H groups in total. The van der Waals surface area contributed by atoms with E-state index in [2.05, 4.69) is 5.32 Å². The standard InChI is InChI=1S/C24H37NO4/c1-22(2,3)25-20(27)14-23(6-4-5-7-23)21(28)29-15-19(26)24-11-16-8-17(12-24)10-18(9-16)13-24/h16-18H,4-15H2,1-3H3,(H,25,27). The van der Waals surface area contributed by atoms with Crippen molar-refractivity contribution in [3.8, 4) is 0 Å². The van der Waals surface area contributed by atoms with Gasteiger partial charge in [-0.2, -0.15) is 0 Å². The molecule has 5 aliphatic carbocycles. The monoisotopic (exact) mass is 403 g/mol. The summed E-state index contributed by atoms with van der Waals surface area (Å²) in [4.78, 5) is 38.7. The van der Waals surface area contributed by atoms with E-state index in [-0.39, 0.29) is 41.6 Å². The van der Waals surface area contributed by atoms with E-state index in [9.17, 15) is 14.4 Å². The van der Waals surface area contributed by atoms with Crippen molar-refractivity contribution in [1.29, 1.82) is 0 Å². The maximum Gasteiger partial charge on any atom is 0.313 e. The number of ketones is 1. The lowest BCUT2D eigenvalue weighted by atomic mass is 9.48. The summed E-state index contributed by atoms with van der Waals surface area (Å²) in [5.74, 6) is 1.78. The molecule has 0 aliphatic heterocycles. The van der Waals surface area contributed by atoms with Crippen LogP contribution in [0.4, 0.5) is 0 Å². The summed E-state index contributed by atoms with van der Waals surface area (Å²) in [7, 11) is 0. The Bertz CT molecular complexity index is 648. The number of hydrogen-bond donors (Lipinski definition) is 1. The lowest BCUT2D eigenvalue weighted by Crippen LogP contribution is -2.51. The first kappa shape index (κ1) is 20.9. The van der Waals surface area contributed by atoms with Crippen LogP contribution in [-0.2, 0) is 19.1 Å². The number of esters is 1. The Labute approximate surface area is 174 Å². The molecule has 4 bridgehead atoms. The van der Waals surface area contributed by atoms with E-state index in [0.717, 1.165) is 32.1 Å². The van der Waals surface area contributed by atoms with Gasteiger partial charge in [0.05, 0.1) is 5.41 Å². The van der Waals surface area contributed by atoms with Gasteiger partial charge in [0.2, 0.25) is 5.91 Å². The summed E-state index contributed by atoms with van der Waals surface area (Å²) in [6.07, 6.45) is 10.2. The maximum atomic E-state index is 13.2.